The lowest BCUT2D eigenvalue weighted by Crippen LogP contribution is -2.19. The van der Waals surface area contributed by atoms with Crippen LogP contribution in [-0.4, -0.2) is 16.4 Å². The van der Waals surface area contributed by atoms with Crippen molar-refractivity contribution in [3.8, 4) is 0 Å². The highest BCUT2D eigenvalue weighted by Crippen LogP contribution is 2.36. The fraction of sp³-hybridized carbons (Fsp3) is 0.136. The van der Waals surface area contributed by atoms with Crippen LogP contribution in [0.1, 0.15) is 16.4 Å². The molecule has 0 aliphatic rings. The first-order valence-corrected chi connectivity index (χ1v) is 11.2. The Kier molecular flexibility index (Phi) is 6.85. The highest BCUT2D eigenvalue weighted by Gasteiger charge is 2.22. The van der Waals surface area contributed by atoms with E-state index in [4.69, 9.17) is 0 Å². The van der Waals surface area contributed by atoms with E-state index in [1.165, 1.54) is 11.8 Å². The van der Waals surface area contributed by atoms with Gasteiger partial charge in [0.2, 0.25) is 5.91 Å². The van der Waals surface area contributed by atoms with Gasteiger partial charge in [-0.2, -0.15) is 0 Å². The van der Waals surface area contributed by atoms with Crippen LogP contribution in [-0.2, 0) is 21.3 Å². The van der Waals surface area contributed by atoms with E-state index in [2.05, 4.69) is 5.32 Å². The zero-order valence-corrected chi connectivity index (χ0v) is 16.6. The Balaban J connectivity index is 1.82. The molecule has 0 radical (unpaired) electrons. The molecule has 5 heteroatoms. The minimum Gasteiger partial charge on any atom is -0.325 e. The van der Waals surface area contributed by atoms with Crippen LogP contribution in [0.25, 0.3) is 0 Å². The van der Waals surface area contributed by atoms with E-state index >= 15 is 0 Å². The van der Waals surface area contributed by atoms with Crippen molar-refractivity contribution in [3.05, 3.63) is 96.1 Å². The third kappa shape index (κ3) is 5.81. The van der Waals surface area contributed by atoms with Crippen molar-refractivity contribution in [1.82, 2.24) is 0 Å². The van der Waals surface area contributed by atoms with Crippen LogP contribution in [0, 0.1) is 0 Å². The summed E-state index contributed by atoms with van der Waals surface area (Å²) in [6.07, 6.45) is 1.67. The summed E-state index contributed by atoms with van der Waals surface area (Å²) < 4.78 is 11.5. The summed E-state index contributed by atoms with van der Waals surface area (Å²) in [5, 5.41) is 2.65. The SMILES string of the molecule is CS(=O)Cc1cccc(NC(=O)C(Sc2ccccc2)c2ccccc2)c1. The summed E-state index contributed by atoms with van der Waals surface area (Å²) in [4.78, 5) is 14.1. The number of amides is 1. The number of carbonyl (C=O) groups excluding carboxylic acids is 1. The summed E-state index contributed by atoms with van der Waals surface area (Å²) in [7, 11) is -0.919. The van der Waals surface area contributed by atoms with Crippen LogP contribution in [0.4, 0.5) is 5.69 Å². The summed E-state index contributed by atoms with van der Waals surface area (Å²) in [5.74, 6) is 0.398. The minimum atomic E-state index is -0.919. The van der Waals surface area contributed by atoms with E-state index in [0.717, 1.165) is 21.7 Å². The molecule has 3 nitrogen and oxygen atoms in total. The third-order valence-electron chi connectivity index (χ3n) is 3.90. The quantitative estimate of drug-likeness (QED) is 0.570. The first kappa shape index (κ1) is 19.4. The number of carbonyl (C=O) groups is 1. The van der Waals surface area contributed by atoms with E-state index in [1.807, 2.05) is 84.9 Å². The maximum atomic E-state index is 13.1. The van der Waals surface area contributed by atoms with Crippen LogP contribution in [0.3, 0.4) is 0 Å². The van der Waals surface area contributed by atoms with E-state index in [0.29, 0.717) is 5.75 Å². The molecule has 0 aromatic heterocycles. The second-order valence-corrected chi connectivity index (χ2v) is 8.74. The Labute approximate surface area is 166 Å². The molecular weight excluding hydrogens is 374 g/mol. The summed E-state index contributed by atoms with van der Waals surface area (Å²) in [6.45, 7) is 0. The second kappa shape index (κ2) is 9.53. The molecular formula is C22H21NO2S2. The molecule has 0 saturated heterocycles. The Bertz CT molecular complexity index is 914. The number of nitrogens with one attached hydrogen (secondary N) is 1. The summed E-state index contributed by atoms with van der Waals surface area (Å²) >= 11 is 1.52. The molecule has 0 spiro atoms. The zero-order chi connectivity index (χ0) is 19.1. The van der Waals surface area contributed by atoms with E-state index in [9.17, 15) is 9.00 Å². The molecule has 0 saturated carbocycles. The normalized spacial score (nSPS) is 12.9. The number of benzene rings is 3. The Hall–Kier alpha value is -2.37. The Morgan fingerprint density at radius 2 is 1.63 bits per heavy atom. The Morgan fingerprint density at radius 3 is 2.30 bits per heavy atom. The van der Waals surface area contributed by atoms with Gasteiger partial charge in [-0.25, -0.2) is 0 Å². The zero-order valence-electron chi connectivity index (χ0n) is 15.0. The predicted octanol–water partition coefficient (Wildman–Crippen LogP) is 5.04. The van der Waals surface area contributed by atoms with Gasteiger partial charge in [0.25, 0.3) is 0 Å². The van der Waals surface area contributed by atoms with Gasteiger partial charge < -0.3 is 5.32 Å². The molecule has 0 bridgehead atoms. The van der Waals surface area contributed by atoms with Crippen molar-refractivity contribution >= 4 is 34.2 Å². The van der Waals surface area contributed by atoms with E-state index in [-0.39, 0.29) is 11.2 Å². The monoisotopic (exact) mass is 395 g/mol. The molecule has 2 unspecified atom stereocenters. The third-order valence-corrected chi connectivity index (χ3v) is 5.91. The molecule has 0 heterocycles. The molecule has 27 heavy (non-hydrogen) atoms. The standard InChI is InChI=1S/C22H21NO2S2/c1-27(25)16-17-9-8-12-19(15-17)23-22(24)21(18-10-4-2-5-11-18)26-20-13-6-3-7-14-20/h2-15,21H,16H2,1H3,(H,23,24). The maximum Gasteiger partial charge on any atom is 0.242 e. The van der Waals surface area contributed by atoms with Gasteiger partial charge >= 0.3 is 0 Å². The van der Waals surface area contributed by atoms with Crippen LogP contribution in [0.15, 0.2) is 89.8 Å². The van der Waals surface area contributed by atoms with Crippen LogP contribution < -0.4 is 5.32 Å². The highest BCUT2D eigenvalue weighted by molar-refractivity contribution is 8.00. The lowest BCUT2D eigenvalue weighted by molar-refractivity contribution is -0.115. The fourth-order valence-electron chi connectivity index (χ4n) is 2.72. The molecule has 3 aromatic rings. The predicted molar refractivity (Wildman–Crippen MR) is 114 cm³/mol. The van der Waals surface area contributed by atoms with Crippen molar-refractivity contribution in [1.29, 1.82) is 0 Å². The molecule has 3 rings (SSSR count). The molecule has 2 atom stereocenters. The fourth-order valence-corrected chi connectivity index (χ4v) is 4.41. The van der Waals surface area contributed by atoms with Crippen LogP contribution in [0.5, 0.6) is 0 Å². The highest BCUT2D eigenvalue weighted by atomic mass is 32.2. The van der Waals surface area contributed by atoms with Gasteiger partial charge in [-0.05, 0) is 35.4 Å². The van der Waals surface area contributed by atoms with Gasteiger partial charge in [0.05, 0.1) is 0 Å². The topological polar surface area (TPSA) is 46.2 Å². The average Bonchev–Trinajstić information content (AvgIpc) is 2.67. The Morgan fingerprint density at radius 1 is 0.963 bits per heavy atom. The minimum absolute atomic E-state index is 0.0789. The van der Waals surface area contributed by atoms with Crippen LogP contribution in [0.2, 0.25) is 0 Å². The molecule has 3 aromatic carbocycles. The van der Waals surface area contributed by atoms with Crippen molar-refractivity contribution < 1.29 is 9.00 Å². The number of anilines is 1. The number of rotatable bonds is 7. The first-order chi connectivity index (χ1) is 13.1. The number of hydrogen-bond donors (Lipinski definition) is 1. The molecule has 138 valence electrons. The van der Waals surface area contributed by atoms with Crippen molar-refractivity contribution in [2.75, 3.05) is 11.6 Å². The molecule has 0 aliphatic carbocycles. The smallest absolute Gasteiger partial charge is 0.242 e. The van der Waals surface area contributed by atoms with Gasteiger partial charge in [-0.3, -0.25) is 9.00 Å². The molecule has 1 N–H and O–H groups in total. The largest absolute Gasteiger partial charge is 0.325 e. The molecule has 0 fully saturated rings. The van der Waals surface area contributed by atoms with Crippen molar-refractivity contribution in [2.45, 2.75) is 15.9 Å². The number of hydrogen-bond acceptors (Lipinski definition) is 3. The van der Waals surface area contributed by atoms with Gasteiger partial charge in [-0.15, -0.1) is 11.8 Å². The summed E-state index contributed by atoms with van der Waals surface area (Å²) in [6, 6.07) is 27.2. The lowest BCUT2D eigenvalue weighted by Gasteiger charge is -2.17. The average molecular weight is 396 g/mol. The summed E-state index contributed by atoms with van der Waals surface area (Å²) in [5.41, 5.74) is 2.62. The molecule has 0 aliphatic heterocycles. The van der Waals surface area contributed by atoms with Gasteiger partial charge in [0, 0.05) is 33.4 Å². The molecule has 1 amide bonds. The van der Waals surface area contributed by atoms with Gasteiger partial charge in [-0.1, -0.05) is 60.7 Å². The first-order valence-electron chi connectivity index (χ1n) is 8.58. The van der Waals surface area contributed by atoms with Crippen molar-refractivity contribution in [2.24, 2.45) is 0 Å². The van der Waals surface area contributed by atoms with Crippen LogP contribution >= 0.6 is 11.8 Å². The van der Waals surface area contributed by atoms with E-state index in [1.54, 1.807) is 6.26 Å². The lowest BCUT2D eigenvalue weighted by atomic mass is 10.1. The second-order valence-electron chi connectivity index (χ2n) is 6.13. The van der Waals surface area contributed by atoms with Gasteiger partial charge in [0.1, 0.15) is 5.25 Å². The number of thioether (sulfide) groups is 1. The van der Waals surface area contributed by atoms with E-state index < -0.39 is 10.8 Å². The van der Waals surface area contributed by atoms with Crippen molar-refractivity contribution in [3.63, 3.8) is 0 Å². The maximum absolute atomic E-state index is 13.1. The van der Waals surface area contributed by atoms with Gasteiger partial charge in [0.15, 0.2) is 0 Å².